The molecule has 1 aliphatic rings. The van der Waals surface area contributed by atoms with Crippen molar-refractivity contribution in [3.8, 4) is 0 Å². The highest BCUT2D eigenvalue weighted by atomic mass is 32.2. The summed E-state index contributed by atoms with van der Waals surface area (Å²) < 4.78 is 30.0. The van der Waals surface area contributed by atoms with Crippen molar-refractivity contribution < 1.29 is 13.2 Å². The van der Waals surface area contributed by atoms with E-state index in [2.05, 4.69) is 5.32 Å². The van der Waals surface area contributed by atoms with Gasteiger partial charge < -0.3 is 10.1 Å². The average molecular weight is 291 g/mol. The van der Waals surface area contributed by atoms with E-state index in [-0.39, 0.29) is 12.0 Å². The second-order valence-electron chi connectivity index (χ2n) is 7.16. The van der Waals surface area contributed by atoms with E-state index >= 15 is 0 Å². The first-order chi connectivity index (χ1) is 8.52. The van der Waals surface area contributed by atoms with E-state index in [4.69, 9.17) is 4.74 Å². The third kappa shape index (κ3) is 2.98. The highest BCUT2D eigenvalue weighted by molar-refractivity contribution is 7.94. The first-order valence-electron chi connectivity index (χ1n) is 6.98. The number of ether oxygens (including phenoxy) is 1. The summed E-state index contributed by atoms with van der Waals surface area (Å²) in [6, 6.07) is 0. The first-order valence-corrected chi connectivity index (χ1v) is 8.47. The molecule has 1 aliphatic carbocycles. The molecule has 0 bridgehead atoms. The second kappa shape index (κ2) is 5.34. The van der Waals surface area contributed by atoms with Crippen molar-refractivity contribution in [2.75, 3.05) is 26.8 Å². The Morgan fingerprint density at radius 2 is 1.68 bits per heavy atom. The lowest BCUT2D eigenvalue weighted by Crippen LogP contribution is -2.50. The molecule has 4 nitrogen and oxygen atoms in total. The Balaban J connectivity index is 2.82. The minimum atomic E-state index is -3.22. The molecule has 19 heavy (non-hydrogen) atoms. The van der Waals surface area contributed by atoms with Gasteiger partial charge in [-0.15, -0.1) is 0 Å². The fraction of sp³-hybridized carbons (Fsp3) is 1.00. The molecule has 1 saturated carbocycles. The SMILES string of the molecule is CNCCOCC(C)(C)S(=O)(=O)C1(C(C)(C)C)CC1. The monoisotopic (exact) mass is 291 g/mol. The van der Waals surface area contributed by atoms with Crippen LogP contribution in [-0.4, -0.2) is 44.7 Å². The van der Waals surface area contributed by atoms with Crippen molar-refractivity contribution >= 4 is 9.84 Å². The molecule has 0 aliphatic heterocycles. The van der Waals surface area contributed by atoms with E-state index in [9.17, 15) is 8.42 Å². The van der Waals surface area contributed by atoms with E-state index in [1.807, 2.05) is 27.8 Å². The number of sulfone groups is 1. The van der Waals surface area contributed by atoms with Gasteiger partial charge in [0.25, 0.3) is 0 Å². The Morgan fingerprint density at radius 3 is 2.05 bits per heavy atom. The van der Waals surface area contributed by atoms with Gasteiger partial charge in [-0.05, 0) is 39.2 Å². The summed E-state index contributed by atoms with van der Waals surface area (Å²) in [5.41, 5.74) is -0.214. The predicted molar refractivity (Wildman–Crippen MR) is 79.2 cm³/mol. The fourth-order valence-electron chi connectivity index (χ4n) is 2.63. The van der Waals surface area contributed by atoms with Crippen LogP contribution in [0.1, 0.15) is 47.5 Å². The van der Waals surface area contributed by atoms with E-state index in [0.29, 0.717) is 6.61 Å². The largest absolute Gasteiger partial charge is 0.379 e. The van der Waals surface area contributed by atoms with Gasteiger partial charge in [0.15, 0.2) is 9.84 Å². The van der Waals surface area contributed by atoms with E-state index < -0.39 is 19.3 Å². The van der Waals surface area contributed by atoms with Gasteiger partial charge in [-0.25, -0.2) is 8.42 Å². The molecule has 0 atom stereocenters. The summed E-state index contributed by atoms with van der Waals surface area (Å²) in [6.07, 6.45) is 1.55. The highest BCUT2D eigenvalue weighted by Crippen LogP contribution is 2.58. The standard InChI is InChI=1S/C14H29NO3S/c1-12(2,3)14(7-8-14)19(16,17)13(4,5)11-18-10-9-15-6/h15H,7-11H2,1-6H3. The van der Waals surface area contributed by atoms with Crippen LogP contribution in [0.3, 0.4) is 0 Å². The minimum Gasteiger partial charge on any atom is -0.379 e. The lowest BCUT2D eigenvalue weighted by Gasteiger charge is -2.37. The zero-order valence-electron chi connectivity index (χ0n) is 13.2. The summed E-state index contributed by atoms with van der Waals surface area (Å²) in [7, 11) is -1.37. The minimum absolute atomic E-state index is 0.214. The molecule has 0 radical (unpaired) electrons. The van der Waals surface area contributed by atoms with Crippen LogP contribution >= 0.6 is 0 Å². The summed E-state index contributed by atoms with van der Waals surface area (Å²) in [5.74, 6) is 0. The van der Waals surface area contributed by atoms with Crippen LogP contribution in [0.2, 0.25) is 0 Å². The Morgan fingerprint density at radius 1 is 1.16 bits per heavy atom. The van der Waals surface area contributed by atoms with Crippen molar-refractivity contribution in [3.63, 3.8) is 0 Å². The maximum Gasteiger partial charge on any atom is 0.163 e. The molecule has 0 spiro atoms. The normalized spacial score (nSPS) is 19.5. The number of hydrogen-bond acceptors (Lipinski definition) is 4. The number of hydrogen-bond donors (Lipinski definition) is 1. The molecule has 1 rings (SSSR count). The van der Waals surface area contributed by atoms with E-state index in [1.54, 1.807) is 13.8 Å². The summed E-state index contributed by atoms with van der Waals surface area (Å²) in [4.78, 5) is 0. The topological polar surface area (TPSA) is 55.4 Å². The van der Waals surface area contributed by atoms with Crippen LogP contribution in [0.5, 0.6) is 0 Å². The van der Waals surface area contributed by atoms with Crippen molar-refractivity contribution in [1.82, 2.24) is 5.32 Å². The second-order valence-corrected chi connectivity index (χ2v) is 10.1. The van der Waals surface area contributed by atoms with E-state index in [1.165, 1.54) is 0 Å². The third-order valence-electron chi connectivity index (χ3n) is 4.26. The van der Waals surface area contributed by atoms with Crippen LogP contribution in [0, 0.1) is 5.41 Å². The van der Waals surface area contributed by atoms with Crippen molar-refractivity contribution in [3.05, 3.63) is 0 Å². The van der Waals surface area contributed by atoms with Crippen molar-refractivity contribution in [2.45, 2.75) is 57.0 Å². The van der Waals surface area contributed by atoms with Gasteiger partial charge in [0, 0.05) is 6.54 Å². The van der Waals surface area contributed by atoms with Gasteiger partial charge in [0.05, 0.1) is 22.7 Å². The molecule has 1 N–H and O–H groups in total. The lowest BCUT2D eigenvalue weighted by molar-refractivity contribution is 0.119. The van der Waals surface area contributed by atoms with Gasteiger partial charge in [0.2, 0.25) is 0 Å². The van der Waals surface area contributed by atoms with Crippen LogP contribution < -0.4 is 5.32 Å². The molecule has 0 aromatic rings. The maximum absolute atomic E-state index is 13.0. The Hall–Kier alpha value is -0.130. The van der Waals surface area contributed by atoms with Gasteiger partial charge in [-0.2, -0.15) is 0 Å². The van der Waals surface area contributed by atoms with Crippen molar-refractivity contribution in [1.29, 1.82) is 0 Å². The predicted octanol–water partition coefficient (Wildman–Crippen LogP) is 1.99. The van der Waals surface area contributed by atoms with Gasteiger partial charge in [-0.3, -0.25) is 0 Å². The van der Waals surface area contributed by atoms with Crippen LogP contribution in [0.25, 0.3) is 0 Å². The highest BCUT2D eigenvalue weighted by Gasteiger charge is 2.65. The average Bonchev–Trinajstić information content (AvgIpc) is 3.04. The fourth-order valence-corrected chi connectivity index (χ4v) is 5.38. The molecule has 114 valence electrons. The van der Waals surface area contributed by atoms with Crippen LogP contribution in [0.4, 0.5) is 0 Å². The molecule has 0 amide bonds. The molecule has 0 aromatic heterocycles. The first kappa shape index (κ1) is 16.9. The molecule has 0 aromatic carbocycles. The maximum atomic E-state index is 13.0. The lowest BCUT2D eigenvalue weighted by atomic mass is 9.89. The molecule has 1 fully saturated rings. The van der Waals surface area contributed by atoms with E-state index in [0.717, 1.165) is 19.4 Å². The van der Waals surface area contributed by atoms with Gasteiger partial charge in [-0.1, -0.05) is 20.8 Å². The Bertz CT molecular complexity index is 403. The van der Waals surface area contributed by atoms with Gasteiger partial charge >= 0.3 is 0 Å². The summed E-state index contributed by atoms with van der Waals surface area (Å²) >= 11 is 0. The molecule has 0 unspecified atom stereocenters. The molecular weight excluding hydrogens is 262 g/mol. The van der Waals surface area contributed by atoms with Crippen LogP contribution in [0.15, 0.2) is 0 Å². The zero-order valence-corrected chi connectivity index (χ0v) is 14.0. The summed E-state index contributed by atoms with van der Waals surface area (Å²) in [6.45, 7) is 11.2. The molecule has 0 saturated heterocycles. The van der Waals surface area contributed by atoms with Crippen LogP contribution in [-0.2, 0) is 14.6 Å². The number of rotatable bonds is 7. The molecule has 5 heteroatoms. The number of likely N-dealkylation sites (N-methyl/N-ethyl adjacent to an activating group) is 1. The zero-order chi connectivity index (χ0) is 14.9. The molecular formula is C14H29NO3S. The quantitative estimate of drug-likeness (QED) is 0.729. The molecule has 0 heterocycles. The summed E-state index contributed by atoms with van der Waals surface area (Å²) in [5, 5.41) is 2.99. The smallest absolute Gasteiger partial charge is 0.163 e. The third-order valence-corrected chi connectivity index (χ3v) is 7.88. The Kier molecular flexibility index (Phi) is 4.75. The van der Waals surface area contributed by atoms with Crippen molar-refractivity contribution in [2.24, 2.45) is 5.41 Å². The Labute approximate surface area is 118 Å². The number of nitrogens with one attached hydrogen (secondary N) is 1. The van der Waals surface area contributed by atoms with Gasteiger partial charge in [0.1, 0.15) is 0 Å².